The number of nitrogens with one attached hydrogen (secondary N) is 1. The van der Waals surface area contributed by atoms with E-state index >= 15 is 0 Å². The average molecular weight is 227 g/mol. The van der Waals surface area contributed by atoms with Crippen LogP contribution in [0.5, 0.6) is 0 Å². The molecule has 0 heterocycles. The van der Waals surface area contributed by atoms with Crippen molar-refractivity contribution in [3.05, 3.63) is 0 Å². The predicted octanol–water partition coefficient (Wildman–Crippen LogP) is 2.64. The lowest BCUT2D eigenvalue weighted by atomic mass is 9.85. The van der Waals surface area contributed by atoms with Crippen LogP contribution in [0, 0.1) is 5.92 Å². The van der Waals surface area contributed by atoms with Gasteiger partial charge in [-0.1, -0.05) is 0 Å². The molecule has 2 nitrogen and oxygen atoms in total. The van der Waals surface area contributed by atoms with Gasteiger partial charge >= 0.3 is 0 Å². The van der Waals surface area contributed by atoms with Gasteiger partial charge in [-0.05, 0) is 53.5 Å². The van der Waals surface area contributed by atoms with Gasteiger partial charge in [-0.25, -0.2) is 0 Å². The van der Waals surface area contributed by atoms with E-state index < -0.39 is 0 Å². The van der Waals surface area contributed by atoms with Crippen molar-refractivity contribution in [3.8, 4) is 0 Å². The fourth-order valence-corrected chi connectivity index (χ4v) is 3.24. The summed E-state index contributed by atoms with van der Waals surface area (Å²) in [5, 5.41) is 3.42. The van der Waals surface area contributed by atoms with Crippen molar-refractivity contribution in [2.75, 3.05) is 33.2 Å². The number of nitrogens with zero attached hydrogens (tertiary/aromatic N) is 1. The van der Waals surface area contributed by atoms with Crippen LogP contribution in [0.25, 0.3) is 0 Å². The van der Waals surface area contributed by atoms with Gasteiger partial charge in [0.05, 0.1) is 26.2 Å². The van der Waals surface area contributed by atoms with Crippen molar-refractivity contribution in [1.29, 1.82) is 0 Å². The third kappa shape index (κ3) is 3.46. The van der Waals surface area contributed by atoms with Gasteiger partial charge in [0.1, 0.15) is 0 Å². The lowest BCUT2D eigenvalue weighted by Crippen LogP contribution is -2.51. The van der Waals surface area contributed by atoms with E-state index in [1.807, 2.05) is 0 Å². The highest BCUT2D eigenvalue weighted by Crippen LogP contribution is 2.27. The Hall–Kier alpha value is -0.0800. The quantitative estimate of drug-likeness (QED) is 0.688. The largest absolute Gasteiger partial charge is 0.324 e. The molecular weight excluding hydrogens is 196 g/mol. The lowest BCUT2D eigenvalue weighted by molar-refractivity contribution is -0.926. The van der Waals surface area contributed by atoms with E-state index in [-0.39, 0.29) is 0 Å². The molecule has 1 aliphatic carbocycles. The Morgan fingerprint density at radius 3 is 1.81 bits per heavy atom. The van der Waals surface area contributed by atoms with Gasteiger partial charge in [0.2, 0.25) is 0 Å². The molecule has 0 spiro atoms. The minimum Gasteiger partial charge on any atom is -0.324 e. The van der Waals surface area contributed by atoms with Crippen LogP contribution in [0.2, 0.25) is 0 Å². The van der Waals surface area contributed by atoms with Crippen molar-refractivity contribution in [2.45, 2.75) is 52.5 Å². The number of hydrogen-bond donors (Lipinski definition) is 1. The van der Waals surface area contributed by atoms with E-state index in [0.29, 0.717) is 0 Å². The molecule has 0 aliphatic heterocycles. The Bertz CT molecular complexity index is 171. The molecule has 96 valence electrons. The zero-order valence-electron chi connectivity index (χ0n) is 11.8. The van der Waals surface area contributed by atoms with Gasteiger partial charge in [0, 0.05) is 12.0 Å². The van der Waals surface area contributed by atoms with Gasteiger partial charge in [0.25, 0.3) is 0 Å². The molecule has 0 aromatic carbocycles. The van der Waals surface area contributed by atoms with Gasteiger partial charge in [0.15, 0.2) is 0 Å². The molecule has 1 rings (SSSR count). The first kappa shape index (κ1) is 14.0. The van der Waals surface area contributed by atoms with E-state index in [0.717, 1.165) is 12.0 Å². The van der Waals surface area contributed by atoms with Crippen molar-refractivity contribution in [3.63, 3.8) is 0 Å². The molecule has 0 aromatic rings. The monoisotopic (exact) mass is 227 g/mol. The molecule has 16 heavy (non-hydrogen) atoms. The van der Waals surface area contributed by atoms with Crippen LogP contribution in [0.15, 0.2) is 0 Å². The highest BCUT2D eigenvalue weighted by atomic mass is 15.3. The van der Waals surface area contributed by atoms with Crippen LogP contribution >= 0.6 is 0 Å². The molecule has 0 radical (unpaired) electrons. The molecule has 1 saturated carbocycles. The molecule has 0 saturated heterocycles. The molecular formula is C14H31N2+. The fourth-order valence-electron chi connectivity index (χ4n) is 3.24. The zero-order chi connectivity index (χ0) is 12.0. The van der Waals surface area contributed by atoms with Crippen LogP contribution < -0.4 is 5.32 Å². The van der Waals surface area contributed by atoms with E-state index in [4.69, 9.17) is 0 Å². The normalized spacial score (nSPS) is 27.0. The molecule has 0 aromatic heterocycles. The molecule has 1 aliphatic rings. The average Bonchev–Trinajstić information content (AvgIpc) is 2.37. The first-order chi connectivity index (χ1) is 7.69. The predicted molar refractivity (Wildman–Crippen MR) is 71.6 cm³/mol. The van der Waals surface area contributed by atoms with Gasteiger partial charge in [-0.3, -0.25) is 0 Å². The van der Waals surface area contributed by atoms with Gasteiger partial charge < -0.3 is 9.80 Å². The molecule has 1 N–H and O–H groups in total. The first-order valence-corrected chi connectivity index (χ1v) is 7.22. The van der Waals surface area contributed by atoms with E-state index in [1.54, 1.807) is 0 Å². The van der Waals surface area contributed by atoms with Crippen molar-refractivity contribution < 1.29 is 4.48 Å². The second-order valence-corrected chi connectivity index (χ2v) is 5.48. The van der Waals surface area contributed by atoms with Crippen molar-refractivity contribution in [1.82, 2.24) is 5.32 Å². The van der Waals surface area contributed by atoms with Crippen LogP contribution in [0.1, 0.15) is 46.5 Å². The van der Waals surface area contributed by atoms with E-state index in [9.17, 15) is 0 Å². The highest BCUT2D eigenvalue weighted by Gasteiger charge is 2.29. The maximum Gasteiger partial charge on any atom is 0.0814 e. The minimum absolute atomic E-state index is 0.794. The highest BCUT2D eigenvalue weighted by molar-refractivity contribution is 4.75. The zero-order valence-corrected chi connectivity index (χ0v) is 11.8. The minimum atomic E-state index is 0.794. The van der Waals surface area contributed by atoms with Crippen molar-refractivity contribution >= 4 is 0 Å². The summed E-state index contributed by atoms with van der Waals surface area (Å²) < 4.78 is 1.33. The van der Waals surface area contributed by atoms with Crippen LogP contribution in [-0.4, -0.2) is 43.8 Å². The summed E-state index contributed by atoms with van der Waals surface area (Å²) in [7, 11) is 2.11. The SMILES string of the molecule is CC[N+](CC)(CC)CC1CCC(NC)CC1. The molecule has 1 fully saturated rings. The summed E-state index contributed by atoms with van der Waals surface area (Å²) in [6.07, 6.45) is 5.65. The second-order valence-electron chi connectivity index (χ2n) is 5.48. The Morgan fingerprint density at radius 1 is 0.938 bits per heavy atom. The molecule has 2 heteroatoms. The Labute approximate surface area is 102 Å². The molecule has 0 bridgehead atoms. The summed E-state index contributed by atoms with van der Waals surface area (Å²) >= 11 is 0. The smallest absolute Gasteiger partial charge is 0.0814 e. The Balaban J connectivity index is 2.42. The fraction of sp³-hybridized carbons (Fsp3) is 1.00. The second kappa shape index (κ2) is 6.61. The first-order valence-electron chi connectivity index (χ1n) is 7.22. The Kier molecular flexibility index (Phi) is 5.77. The van der Waals surface area contributed by atoms with E-state index in [1.165, 1.54) is 56.3 Å². The van der Waals surface area contributed by atoms with Crippen LogP contribution in [-0.2, 0) is 0 Å². The molecule has 0 atom stereocenters. The van der Waals surface area contributed by atoms with Crippen LogP contribution in [0.4, 0.5) is 0 Å². The topological polar surface area (TPSA) is 12.0 Å². The van der Waals surface area contributed by atoms with Gasteiger partial charge in [-0.2, -0.15) is 0 Å². The molecule has 0 amide bonds. The summed E-state index contributed by atoms with van der Waals surface area (Å²) in [6.45, 7) is 12.4. The maximum atomic E-state index is 3.42. The maximum absolute atomic E-state index is 3.42. The van der Waals surface area contributed by atoms with Crippen LogP contribution in [0.3, 0.4) is 0 Å². The number of hydrogen-bond acceptors (Lipinski definition) is 1. The third-order valence-corrected chi connectivity index (χ3v) is 4.91. The van der Waals surface area contributed by atoms with Crippen molar-refractivity contribution in [2.24, 2.45) is 5.92 Å². The third-order valence-electron chi connectivity index (χ3n) is 4.91. The summed E-state index contributed by atoms with van der Waals surface area (Å²) in [5.74, 6) is 0.976. The summed E-state index contributed by atoms with van der Waals surface area (Å²) in [4.78, 5) is 0. The Morgan fingerprint density at radius 2 is 1.44 bits per heavy atom. The summed E-state index contributed by atoms with van der Waals surface area (Å²) in [6, 6.07) is 0.794. The van der Waals surface area contributed by atoms with Gasteiger partial charge in [-0.15, -0.1) is 0 Å². The standard InChI is InChI=1S/C14H31N2/c1-5-16(6-2,7-3)12-13-8-10-14(15-4)11-9-13/h13-15H,5-12H2,1-4H3/q+1. The summed E-state index contributed by atoms with van der Waals surface area (Å²) in [5.41, 5.74) is 0. The lowest BCUT2D eigenvalue weighted by Gasteiger charge is -2.40. The number of rotatable bonds is 6. The molecule has 0 unspecified atom stereocenters. The number of quaternary nitrogens is 1. The van der Waals surface area contributed by atoms with E-state index in [2.05, 4.69) is 33.1 Å².